The minimum Gasteiger partial charge on any atom is -0.330 e. The number of alkyl halides is 3. The van der Waals surface area contributed by atoms with E-state index in [1.165, 1.54) is 12.1 Å². The highest BCUT2D eigenvalue weighted by Gasteiger charge is 2.29. The van der Waals surface area contributed by atoms with Gasteiger partial charge < -0.3 is 5.73 Å². The van der Waals surface area contributed by atoms with Crippen LogP contribution in [0.5, 0.6) is 0 Å². The highest BCUT2D eigenvalue weighted by atomic mass is 19.4. The quantitative estimate of drug-likeness (QED) is 0.883. The Morgan fingerprint density at radius 1 is 1.28 bits per heavy atom. The van der Waals surface area contributed by atoms with Crippen molar-refractivity contribution < 1.29 is 18.0 Å². The van der Waals surface area contributed by atoms with Gasteiger partial charge in [-0.1, -0.05) is 19.1 Å². The summed E-state index contributed by atoms with van der Waals surface area (Å²) in [6.07, 6.45) is -3.82. The maximum atomic E-state index is 12.3. The fourth-order valence-electron chi connectivity index (χ4n) is 1.58. The lowest BCUT2D eigenvalue weighted by Gasteiger charge is -2.09. The van der Waals surface area contributed by atoms with Gasteiger partial charge in [-0.25, -0.2) is 0 Å². The second-order valence-corrected chi connectivity index (χ2v) is 4.46. The molecule has 0 saturated carbocycles. The third-order valence-corrected chi connectivity index (χ3v) is 2.66. The smallest absolute Gasteiger partial charge is 0.330 e. The molecule has 0 spiro atoms. The molecule has 1 aromatic rings. The van der Waals surface area contributed by atoms with Gasteiger partial charge in [0.1, 0.15) is 5.78 Å². The molecule has 0 fully saturated rings. The summed E-state index contributed by atoms with van der Waals surface area (Å²) >= 11 is 0. The Labute approximate surface area is 104 Å². The van der Waals surface area contributed by atoms with Crippen LogP contribution in [0.15, 0.2) is 24.3 Å². The standard InChI is InChI=1S/C13H16F3NO/c1-9(8-17)6-12(18)7-10-2-4-11(5-3-10)13(14,15)16/h2-5,9H,6-8,17H2,1H3. The molecule has 0 saturated heterocycles. The Bertz CT molecular complexity index is 398. The summed E-state index contributed by atoms with van der Waals surface area (Å²) in [5.41, 5.74) is 5.30. The highest BCUT2D eigenvalue weighted by Crippen LogP contribution is 2.29. The van der Waals surface area contributed by atoms with E-state index in [4.69, 9.17) is 5.73 Å². The Kier molecular flexibility index (Phi) is 4.90. The van der Waals surface area contributed by atoms with Gasteiger partial charge in [0, 0.05) is 12.8 Å². The van der Waals surface area contributed by atoms with Crippen LogP contribution in [0.25, 0.3) is 0 Å². The van der Waals surface area contributed by atoms with Crippen LogP contribution in [0.1, 0.15) is 24.5 Å². The van der Waals surface area contributed by atoms with Gasteiger partial charge in [0.05, 0.1) is 5.56 Å². The van der Waals surface area contributed by atoms with Crippen LogP contribution in [0.2, 0.25) is 0 Å². The van der Waals surface area contributed by atoms with Crippen LogP contribution in [0.4, 0.5) is 13.2 Å². The maximum Gasteiger partial charge on any atom is 0.416 e. The Hall–Kier alpha value is -1.36. The normalized spacial score (nSPS) is 13.4. The Morgan fingerprint density at radius 3 is 2.28 bits per heavy atom. The molecule has 1 rings (SSSR count). The molecule has 1 unspecified atom stereocenters. The zero-order valence-corrected chi connectivity index (χ0v) is 10.1. The number of hydrogen-bond acceptors (Lipinski definition) is 2. The molecule has 2 nitrogen and oxygen atoms in total. The van der Waals surface area contributed by atoms with Crippen LogP contribution < -0.4 is 5.73 Å². The second kappa shape index (κ2) is 6.00. The van der Waals surface area contributed by atoms with Crippen molar-refractivity contribution in [2.24, 2.45) is 11.7 Å². The molecular formula is C13H16F3NO. The number of nitrogens with two attached hydrogens (primary N) is 1. The number of ketones is 1. The molecule has 0 aliphatic rings. The van der Waals surface area contributed by atoms with E-state index in [1.54, 1.807) is 0 Å². The average Bonchev–Trinajstić information content (AvgIpc) is 2.28. The van der Waals surface area contributed by atoms with Crippen LogP contribution >= 0.6 is 0 Å². The lowest BCUT2D eigenvalue weighted by molar-refractivity contribution is -0.137. The van der Waals surface area contributed by atoms with E-state index in [-0.39, 0.29) is 18.1 Å². The van der Waals surface area contributed by atoms with Crippen LogP contribution in [0, 0.1) is 5.92 Å². The first-order valence-electron chi connectivity index (χ1n) is 5.71. The molecule has 0 aromatic heterocycles. The fraction of sp³-hybridized carbons (Fsp3) is 0.462. The van der Waals surface area contributed by atoms with E-state index in [0.29, 0.717) is 18.5 Å². The van der Waals surface area contributed by atoms with E-state index in [0.717, 1.165) is 12.1 Å². The zero-order valence-electron chi connectivity index (χ0n) is 10.1. The van der Waals surface area contributed by atoms with Crippen molar-refractivity contribution in [2.75, 3.05) is 6.54 Å². The molecule has 1 atom stereocenters. The number of hydrogen-bond donors (Lipinski definition) is 1. The molecule has 0 bridgehead atoms. The number of Topliss-reactive ketones (excluding diaryl/α,β-unsaturated/α-hetero) is 1. The molecule has 1 aromatic carbocycles. The molecule has 2 N–H and O–H groups in total. The minimum absolute atomic E-state index is 0.00675. The third kappa shape index (κ3) is 4.49. The van der Waals surface area contributed by atoms with Gasteiger partial charge in [-0.3, -0.25) is 4.79 Å². The molecule has 0 aliphatic carbocycles. The predicted molar refractivity (Wildman–Crippen MR) is 63.0 cm³/mol. The van der Waals surface area contributed by atoms with E-state index in [9.17, 15) is 18.0 Å². The molecule has 0 aliphatic heterocycles. The van der Waals surface area contributed by atoms with Crippen molar-refractivity contribution in [3.63, 3.8) is 0 Å². The van der Waals surface area contributed by atoms with Crippen LogP contribution in [0.3, 0.4) is 0 Å². The fourth-order valence-corrected chi connectivity index (χ4v) is 1.58. The summed E-state index contributed by atoms with van der Waals surface area (Å²) < 4.78 is 37.0. The molecule has 0 radical (unpaired) electrons. The van der Waals surface area contributed by atoms with Crippen molar-refractivity contribution in [3.8, 4) is 0 Å². The highest BCUT2D eigenvalue weighted by molar-refractivity contribution is 5.81. The molecule has 0 amide bonds. The van der Waals surface area contributed by atoms with Gasteiger partial charge in [0.15, 0.2) is 0 Å². The number of carbonyl (C=O) groups is 1. The first-order valence-corrected chi connectivity index (χ1v) is 5.71. The first kappa shape index (κ1) is 14.7. The summed E-state index contributed by atoms with van der Waals surface area (Å²) in [7, 11) is 0. The Balaban J connectivity index is 2.61. The van der Waals surface area contributed by atoms with Gasteiger partial charge in [-0.05, 0) is 30.2 Å². The van der Waals surface area contributed by atoms with Crippen LogP contribution in [-0.4, -0.2) is 12.3 Å². The van der Waals surface area contributed by atoms with Crippen molar-refractivity contribution in [1.82, 2.24) is 0 Å². The number of carbonyl (C=O) groups excluding carboxylic acids is 1. The van der Waals surface area contributed by atoms with E-state index in [1.807, 2.05) is 6.92 Å². The summed E-state index contributed by atoms with van der Waals surface area (Å²) in [5, 5.41) is 0. The van der Waals surface area contributed by atoms with Crippen molar-refractivity contribution in [3.05, 3.63) is 35.4 Å². The molecule has 5 heteroatoms. The minimum atomic E-state index is -4.34. The summed E-state index contributed by atoms with van der Waals surface area (Å²) in [4.78, 5) is 11.6. The monoisotopic (exact) mass is 259 g/mol. The Morgan fingerprint density at radius 2 is 1.83 bits per heavy atom. The third-order valence-electron chi connectivity index (χ3n) is 2.66. The van der Waals surface area contributed by atoms with Crippen molar-refractivity contribution >= 4 is 5.78 Å². The van der Waals surface area contributed by atoms with Gasteiger partial charge >= 0.3 is 6.18 Å². The molecule has 18 heavy (non-hydrogen) atoms. The van der Waals surface area contributed by atoms with Gasteiger partial charge in [0.25, 0.3) is 0 Å². The van der Waals surface area contributed by atoms with Gasteiger partial charge in [-0.15, -0.1) is 0 Å². The number of halogens is 3. The van der Waals surface area contributed by atoms with Gasteiger partial charge in [-0.2, -0.15) is 13.2 Å². The molecular weight excluding hydrogens is 243 g/mol. The van der Waals surface area contributed by atoms with Crippen molar-refractivity contribution in [2.45, 2.75) is 25.9 Å². The predicted octanol–water partition coefficient (Wildman–Crippen LogP) is 2.80. The van der Waals surface area contributed by atoms with E-state index >= 15 is 0 Å². The maximum absolute atomic E-state index is 12.3. The average molecular weight is 259 g/mol. The lowest BCUT2D eigenvalue weighted by atomic mass is 9.99. The molecule has 100 valence electrons. The topological polar surface area (TPSA) is 43.1 Å². The van der Waals surface area contributed by atoms with E-state index in [2.05, 4.69) is 0 Å². The SMILES string of the molecule is CC(CN)CC(=O)Cc1ccc(C(F)(F)F)cc1. The number of benzene rings is 1. The summed E-state index contributed by atoms with van der Waals surface area (Å²) in [6.45, 7) is 2.30. The zero-order chi connectivity index (χ0) is 13.8. The second-order valence-electron chi connectivity index (χ2n) is 4.46. The van der Waals surface area contributed by atoms with Crippen molar-refractivity contribution in [1.29, 1.82) is 0 Å². The number of rotatable bonds is 5. The van der Waals surface area contributed by atoms with E-state index < -0.39 is 11.7 Å². The van der Waals surface area contributed by atoms with Gasteiger partial charge in [0.2, 0.25) is 0 Å². The summed E-state index contributed by atoms with van der Waals surface area (Å²) in [5.74, 6) is 0.0969. The summed E-state index contributed by atoms with van der Waals surface area (Å²) in [6, 6.07) is 4.67. The largest absolute Gasteiger partial charge is 0.416 e. The lowest BCUT2D eigenvalue weighted by Crippen LogP contribution is -2.16. The molecule has 0 heterocycles. The first-order chi connectivity index (χ1) is 8.32. The van der Waals surface area contributed by atoms with Crippen LogP contribution in [-0.2, 0) is 17.4 Å².